The van der Waals surface area contributed by atoms with Gasteiger partial charge < -0.3 is 20.3 Å². The minimum atomic E-state index is 0. The van der Waals surface area contributed by atoms with E-state index < -0.39 is 0 Å². The molecule has 0 aliphatic rings. The molecular weight excluding hydrogens is 266 g/mol. The second-order valence-electron chi connectivity index (χ2n) is 3.84. The first-order valence-electron chi connectivity index (χ1n) is 5.46. The highest BCUT2D eigenvalue weighted by atomic mass is 35.5. The van der Waals surface area contributed by atoms with Gasteiger partial charge in [0.2, 0.25) is 0 Å². The third kappa shape index (κ3) is 3.03. The SMILES string of the molecule is COc1ccc(OC)c(-c2ccc(N)cc2O)c1.Cl. The summed E-state index contributed by atoms with van der Waals surface area (Å²) >= 11 is 0. The van der Waals surface area contributed by atoms with Crippen LogP contribution in [0.3, 0.4) is 0 Å². The lowest BCUT2D eigenvalue weighted by molar-refractivity contribution is 0.404. The van der Waals surface area contributed by atoms with Gasteiger partial charge in [0.1, 0.15) is 17.2 Å². The van der Waals surface area contributed by atoms with E-state index in [0.29, 0.717) is 22.7 Å². The highest BCUT2D eigenvalue weighted by Gasteiger charge is 2.11. The van der Waals surface area contributed by atoms with E-state index in [1.807, 2.05) is 6.07 Å². The standard InChI is InChI=1S/C14H15NO3.ClH/c1-17-10-4-6-14(18-2)12(8-10)11-5-3-9(15)7-13(11)16;/h3-8,16H,15H2,1-2H3;1H. The van der Waals surface area contributed by atoms with Gasteiger partial charge in [-0.3, -0.25) is 0 Å². The Morgan fingerprint density at radius 3 is 2.26 bits per heavy atom. The summed E-state index contributed by atoms with van der Waals surface area (Å²) in [5, 5.41) is 9.95. The summed E-state index contributed by atoms with van der Waals surface area (Å²) in [5.41, 5.74) is 7.54. The number of nitrogen functional groups attached to an aromatic ring is 1. The number of nitrogens with two attached hydrogens (primary N) is 1. The zero-order valence-electron chi connectivity index (χ0n) is 10.7. The van der Waals surface area contributed by atoms with Crippen LogP contribution in [-0.4, -0.2) is 19.3 Å². The highest BCUT2D eigenvalue weighted by Crippen LogP contribution is 2.38. The van der Waals surface area contributed by atoms with E-state index >= 15 is 0 Å². The molecule has 0 atom stereocenters. The number of anilines is 1. The van der Waals surface area contributed by atoms with Gasteiger partial charge in [-0.15, -0.1) is 12.4 Å². The summed E-state index contributed by atoms with van der Waals surface area (Å²) in [6.45, 7) is 0. The molecule has 0 aromatic heterocycles. The first-order valence-corrected chi connectivity index (χ1v) is 5.46. The monoisotopic (exact) mass is 281 g/mol. The zero-order chi connectivity index (χ0) is 13.1. The molecule has 3 N–H and O–H groups in total. The fourth-order valence-electron chi connectivity index (χ4n) is 1.80. The first-order chi connectivity index (χ1) is 8.65. The van der Waals surface area contributed by atoms with E-state index in [2.05, 4.69) is 0 Å². The number of hydrogen-bond acceptors (Lipinski definition) is 4. The number of hydrogen-bond donors (Lipinski definition) is 2. The molecule has 2 aromatic rings. The molecule has 2 aromatic carbocycles. The number of phenolic OH excluding ortho intramolecular Hbond substituents is 1. The van der Waals surface area contributed by atoms with Crippen LogP contribution in [0.5, 0.6) is 17.2 Å². The van der Waals surface area contributed by atoms with Crippen LogP contribution in [0.1, 0.15) is 0 Å². The number of phenols is 1. The molecule has 0 radical (unpaired) electrons. The molecule has 0 aliphatic carbocycles. The average molecular weight is 282 g/mol. The predicted octanol–water partition coefficient (Wildman–Crippen LogP) is 3.08. The summed E-state index contributed by atoms with van der Waals surface area (Å²) in [6.07, 6.45) is 0. The lowest BCUT2D eigenvalue weighted by atomic mass is 10.0. The Labute approximate surface area is 118 Å². The van der Waals surface area contributed by atoms with E-state index in [4.69, 9.17) is 15.2 Å². The summed E-state index contributed by atoms with van der Waals surface area (Å²) in [7, 11) is 3.17. The molecule has 0 amide bonds. The molecule has 102 valence electrons. The van der Waals surface area contributed by atoms with Crippen LogP contribution in [0.25, 0.3) is 11.1 Å². The molecule has 2 rings (SSSR count). The second kappa shape index (κ2) is 6.20. The van der Waals surface area contributed by atoms with Crippen LogP contribution in [0, 0.1) is 0 Å². The molecule has 0 aliphatic heterocycles. The molecule has 0 bridgehead atoms. The smallest absolute Gasteiger partial charge is 0.127 e. The Bertz CT molecular complexity index is 573. The summed E-state index contributed by atoms with van der Waals surface area (Å²) < 4.78 is 10.5. The minimum absolute atomic E-state index is 0. The van der Waals surface area contributed by atoms with E-state index in [1.165, 1.54) is 6.07 Å². The van der Waals surface area contributed by atoms with Crippen molar-refractivity contribution < 1.29 is 14.6 Å². The number of methoxy groups -OCH3 is 2. The van der Waals surface area contributed by atoms with Crippen LogP contribution in [-0.2, 0) is 0 Å². The van der Waals surface area contributed by atoms with Gasteiger partial charge in [-0.25, -0.2) is 0 Å². The Kier molecular flexibility index (Phi) is 4.89. The molecule has 5 heteroatoms. The van der Waals surface area contributed by atoms with Gasteiger partial charge >= 0.3 is 0 Å². The van der Waals surface area contributed by atoms with Gasteiger partial charge in [0.05, 0.1) is 14.2 Å². The van der Waals surface area contributed by atoms with E-state index in [9.17, 15) is 5.11 Å². The number of aromatic hydroxyl groups is 1. The zero-order valence-corrected chi connectivity index (χ0v) is 11.5. The van der Waals surface area contributed by atoms with Crippen molar-refractivity contribution in [3.8, 4) is 28.4 Å². The van der Waals surface area contributed by atoms with Crippen LogP contribution in [0.2, 0.25) is 0 Å². The summed E-state index contributed by atoms with van der Waals surface area (Å²) in [5.74, 6) is 1.47. The maximum atomic E-state index is 9.95. The van der Waals surface area contributed by atoms with Crippen molar-refractivity contribution >= 4 is 18.1 Å². The highest BCUT2D eigenvalue weighted by molar-refractivity contribution is 5.85. The van der Waals surface area contributed by atoms with Crippen LogP contribution >= 0.6 is 12.4 Å². The molecule has 0 saturated carbocycles. The van der Waals surface area contributed by atoms with E-state index in [-0.39, 0.29) is 18.2 Å². The predicted molar refractivity (Wildman–Crippen MR) is 78.3 cm³/mol. The molecule has 4 nitrogen and oxygen atoms in total. The maximum Gasteiger partial charge on any atom is 0.127 e. The van der Waals surface area contributed by atoms with Crippen molar-refractivity contribution in [3.63, 3.8) is 0 Å². The number of rotatable bonds is 3. The average Bonchev–Trinajstić information content (AvgIpc) is 2.38. The van der Waals surface area contributed by atoms with E-state index in [1.54, 1.807) is 38.5 Å². The maximum absolute atomic E-state index is 9.95. The largest absolute Gasteiger partial charge is 0.507 e. The topological polar surface area (TPSA) is 64.7 Å². The quantitative estimate of drug-likeness (QED) is 0.849. The minimum Gasteiger partial charge on any atom is -0.507 e. The molecule has 0 spiro atoms. The first kappa shape index (κ1) is 15.0. The number of halogens is 1. The third-order valence-electron chi connectivity index (χ3n) is 2.72. The van der Waals surface area contributed by atoms with Crippen molar-refractivity contribution in [1.29, 1.82) is 0 Å². The molecule has 0 saturated heterocycles. The fraction of sp³-hybridized carbons (Fsp3) is 0.143. The Balaban J connectivity index is 0.00000180. The Hall–Kier alpha value is -2.07. The Morgan fingerprint density at radius 1 is 0.947 bits per heavy atom. The lowest BCUT2D eigenvalue weighted by Crippen LogP contribution is -1.91. The van der Waals surface area contributed by atoms with Crippen LogP contribution in [0.4, 0.5) is 5.69 Å². The van der Waals surface area contributed by atoms with Crippen LogP contribution in [0.15, 0.2) is 36.4 Å². The van der Waals surface area contributed by atoms with Gasteiger partial charge in [0, 0.05) is 22.9 Å². The molecule has 0 fully saturated rings. The van der Waals surface area contributed by atoms with Crippen molar-refractivity contribution in [2.75, 3.05) is 20.0 Å². The van der Waals surface area contributed by atoms with Crippen molar-refractivity contribution in [1.82, 2.24) is 0 Å². The Morgan fingerprint density at radius 2 is 1.68 bits per heavy atom. The third-order valence-corrected chi connectivity index (χ3v) is 2.72. The van der Waals surface area contributed by atoms with Gasteiger partial charge in [-0.05, 0) is 30.3 Å². The molecule has 0 heterocycles. The van der Waals surface area contributed by atoms with Gasteiger partial charge in [-0.1, -0.05) is 0 Å². The van der Waals surface area contributed by atoms with Crippen LogP contribution < -0.4 is 15.2 Å². The molecular formula is C14H16ClNO3. The summed E-state index contributed by atoms with van der Waals surface area (Å²) in [4.78, 5) is 0. The van der Waals surface area contributed by atoms with Crippen molar-refractivity contribution in [3.05, 3.63) is 36.4 Å². The van der Waals surface area contributed by atoms with Gasteiger partial charge in [0.25, 0.3) is 0 Å². The number of benzene rings is 2. The van der Waals surface area contributed by atoms with Gasteiger partial charge in [-0.2, -0.15) is 0 Å². The second-order valence-corrected chi connectivity index (χ2v) is 3.84. The normalized spacial score (nSPS) is 9.58. The molecule has 0 unspecified atom stereocenters. The van der Waals surface area contributed by atoms with Gasteiger partial charge in [0.15, 0.2) is 0 Å². The van der Waals surface area contributed by atoms with E-state index in [0.717, 1.165) is 5.56 Å². The van der Waals surface area contributed by atoms with Crippen molar-refractivity contribution in [2.45, 2.75) is 0 Å². The fourth-order valence-corrected chi connectivity index (χ4v) is 1.80. The number of ether oxygens (including phenoxy) is 2. The molecule has 19 heavy (non-hydrogen) atoms. The summed E-state index contributed by atoms with van der Waals surface area (Å²) in [6, 6.07) is 10.4. The van der Waals surface area contributed by atoms with Crippen molar-refractivity contribution in [2.24, 2.45) is 0 Å². The lowest BCUT2D eigenvalue weighted by Gasteiger charge is -2.12.